The van der Waals surface area contributed by atoms with Crippen molar-refractivity contribution in [2.45, 2.75) is 32.1 Å². The van der Waals surface area contributed by atoms with Crippen molar-refractivity contribution in [3.8, 4) is 0 Å². The molecule has 0 unspecified atom stereocenters. The van der Waals surface area contributed by atoms with Gasteiger partial charge in [-0.3, -0.25) is 4.98 Å². The number of piperazine rings is 1. The fourth-order valence-corrected chi connectivity index (χ4v) is 4.85. The third kappa shape index (κ3) is 3.33. The van der Waals surface area contributed by atoms with Crippen molar-refractivity contribution in [2.75, 3.05) is 36.0 Å². The van der Waals surface area contributed by atoms with E-state index in [9.17, 15) is 0 Å². The summed E-state index contributed by atoms with van der Waals surface area (Å²) in [6.45, 7) is 4.16. The molecule has 1 aliphatic heterocycles. The third-order valence-corrected chi connectivity index (χ3v) is 6.43. The summed E-state index contributed by atoms with van der Waals surface area (Å²) < 4.78 is 0. The summed E-state index contributed by atoms with van der Waals surface area (Å²) in [6.07, 6.45) is 6.15. The Labute approximate surface area is 171 Å². The van der Waals surface area contributed by atoms with Crippen molar-refractivity contribution in [1.82, 2.24) is 4.98 Å². The molecule has 2 aliphatic rings. The molecule has 0 N–H and O–H groups in total. The number of hydrogen-bond donors (Lipinski definition) is 0. The zero-order valence-electron chi connectivity index (χ0n) is 16.2. The lowest BCUT2D eigenvalue weighted by Gasteiger charge is -2.39. The van der Waals surface area contributed by atoms with Gasteiger partial charge in [0.15, 0.2) is 0 Å². The first-order valence-electron chi connectivity index (χ1n) is 10.5. The lowest BCUT2D eigenvalue weighted by atomic mass is 10.00. The summed E-state index contributed by atoms with van der Waals surface area (Å²) in [6, 6.07) is 16.9. The lowest BCUT2D eigenvalue weighted by Crippen LogP contribution is -2.47. The fourth-order valence-electron chi connectivity index (χ4n) is 4.73. The first kappa shape index (κ1) is 17.8. The van der Waals surface area contributed by atoms with E-state index in [0.717, 1.165) is 43.1 Å². The Bertz CT molecular complexity index is 975. The second kappa shape index (κ2) is 7.63. The number of pyridine rings is 1. The maximum atomic E-state index is 6.06. The Kier molecular flexibility index (Phi) is 4.86. The van der Waals surface area contributed by atoms with Crippen molar-refractivity contribution in [1.29, 1.82) is 0 Å². The van der Waals surface area contributed by atoms with Crippen LogP contribution in [0.25, 0.3) is 10.9 Å². The van der Waals surface area contributed by atoms with Crippen LogP contribution in [0.1, 0.15) is 30.5 Å². The number of anilines is 2. The van der Waals surface area contributed by atoms with Crippen LogP contribution < -0.4 is 9.80 Å². The smallest absolute Gasteiger partial charge is 0.0726 e. The van der Waals surface area contributed by atoms with Gasteiger partial charge in [-0.1, -0.05) is 36.2 Å². The van der Waals surface area contributed by atoms with Crippen molar-refractivity contribution in [3.05, 3.63) is 64.8 Å². The van der Waals surface area contributed by atoms with E-state index < -0.39 is 0 Å². The van der Waals surface area contributed by atoms with Crippen LogP contribution in [0.15, 0.2) is 48.5 Å². The second-order valence-corrected chi connectivity index (χ2v) is 8.35. The zero-order chi connectivity index (χ0) is 18.9. The van der Waals surface area contributed by atoms with E-state index in [4.69, 9.17) is 16.6 Å². The fraction of sp³-hybridized carbons (Fsp3) is 0.375. The Morgan fingerprint density at radius 3 is 2.29 bits per heavy atom. The molecule has 0 saturated carbocycles. The van der Waals surface area contributed by atoms with Crippen LogP contribution in [0.3, 0.4) is 0 Å². The monoisotopic (exact) mass is 391 g/mol. The predicted molar refractivity (Wildman–Crippen MR) is 119 cm³/mol. The summed E-state index contributed by atoms with van der Waals surface area (Å²) in [5.41, 5.74) is 6.72. The number of hydrogen-bond acceptors (Lipinski definition) is 3. The molecule has 1 saturated heterocycles. The first-order chi connectivity index (χ1) is 13.8. The highest BCUT2D eigenvalue weighted by atomic mass is 35.5. The molecule has 2 aromatic carbocycles. The molecule has 5 rings (SSSR count). The number of nitrogens with zero attached hydrogens (tertiary/aromatic N) is 3. The van der Waals surface area contributed by atoms with Gasteiger partial charge in [-0.05, 0) is 61.6 Å². The number of halogens is 1. The molecule has 2 heterocycles. The first-order valence-corrected chi connectivity index (χ1v) is 10.8. The van der Waals surface area contributed by atoms with Gasteiger partial charge in [0, 0.05) is 48.0 Å². The minimum absolute atomic E-state index is 0.799. The van der Waals surface area contributed by atoms with Gasteiger partial charge >= 0.3 is 0 Å². The van der Waals surface area contributed by atoms with E-state index in [1.165, 1.54) is 53.7 Å². The molecule has 3 nitrogen and oxygen atoms in total. The van der Waals surface area contributed by atoms with Crippen LogP contribution in [0, 0.1) is 0 Å². The normalized spacial score (nSPS) is 17.5. The molecule has 0 amide bonds. The van der Waals surface area contributed by atoms with Gasteiger partial charge in [-0.2, -0.15) is 0 Å². The highest BCUT2D eigenvalue weighted by Crippen LogP contribution is 2.36. The predicted octanol–water partition coefficient (Wildman–Crippen LogP) is 5.48. The van der Waals surface area contributed by atoms with E-state index in [1.807, 2.05) is 12.1 Å². The Balaban J connectivity index is 1.48. The topological polar surface area (TPSA) is 19.4 Å². The number of benzene rings is 2. The van der Waals surface area contributed by atoms with Crippen LogP contribution >= 0.6 is 11.6 Å². The van der Waals surface area contributed by atoms with Crippen molar-refractivity contribution < 1.29 is 0 Å². The molecule has 1 fully saturated rings. The molecule has 4 heteroatoms. The maximum Gasteiger partial charge on any atom is 0.0726 e. The summed E-state index contributed by atoms with van der Waals surface area (Å²) in [5, 5.41) is 2.12. The summed E-state index contributed by atoms with van der Waals surface area (Å²) in [7, 11) is 0. The molecule has 0 bridgehead atoms. The van der Waals surface area contributed by atoms with Crippen molar-refractivity contribution in [2.24, 2.45) is 0 Å². The van der Waals surface area contributed by atoms with Crippen LogP contribution in [-0.2, 0) is 12.8 Å². The SMILES string of the molecule is Clc1ccc(N2CCN(c3c4c(nc5ccccc35)CCCCC4)CC2)cc1. The Morgan fingerprint density at radius 2 is 1.46 bits per heavy atom. The molecule has 0 radical (unpaired) electrons. The summed E-state index contributed by atoms with van der Waals surface area (Å²) in [5.74, 6) is 0. The summed E-state index contributed by atoms with van der Waals surface area (Å²) >= 11 is 6.06. The van der Waals surface area contributed by atoms with E-state index in [1.54, 1.807) is 0 Å². The number of fused-ring (bicyclic) bond motifs is 2. The summed E-state index contributed by atoms with van der Waals surface area (Å²) in [4.78, 5) is 10.1. The van der Waals surface area contributed by atoms with Gasteiger partial charge in [0.25, 0.3) is 0 Å². The van der Waals surface area contributed by atoms with Gasteiger partial charge in [0.2, 0.25) is 0 Å². The largest absolute Gasteiger partial charge is 0.368 e. The van der Waals surface area contributed by atoms with E-state index in [-0.39, 0.29) is 0 Å². The quantitative estimate of drug-likeness (QED) is 0.539. The van der Waals surface area contributed by atoms with Gasteiger partial charge < -0.3 is 9.80 Å². The van der Waals surface area contributed by atoms with Crippen molar-refractivity contribution in [3.63, 3.8) is 0 Å². The molecule has 0 atom stereocenters. The van der Waals surface area contributed by atoms with Crippen LogP contribution in [0.2, 0.25) is 5.02 Å². The third-order valence-electron chi connectivity index (χ3n) is 6.18. The molecular weight excluding hydrogens is 366 g/mol. The zero-order valence-corrected chi connectivity index (χ0v) is 17.0. The standard InChI is InChI=1S/C24H26ClN3/c25-18-10-12-19(13-11-18)27-14-16-28(17-15-27)24-20-6-2-1-3-8-22(20)26-23-9-5-4-7-21(23)24/h4-5,7,9-13H,1-3,6,8,14-17H2. The van der Waals surface area contributed by atoms with Crippen LogP contribution in [0.4, 0.5) is 11.4 Å². The molecular formula is C24H26ClN3. The van der Waals surface area contributed by atoms with Gasteiger partial charge in [-0.25, -0.2) is 0 Å². The minimum atomic E-state index is 0.799. The van der Waals surface area contributed by atoms with Crippen molar-refractivity contribution >= 4 is 33.9 Å². The highest BCUT2D eigenvalue weighted by Gasteiger charge is 2.24. The number of para-hydroxylation sites is 1. The van der Waals surface area contributed by atoms with Gasteiger partial charge in [0.1, 0.15) is 0 Å². The molecule has 144 valence electrons. The molecule has 0 spiro atoms. The van der Waals surface area contributed by atoms with Crippen LogP contribution in [0.5, 0.6) is 0 Å². The molecule has 1 aromatic heterocycles. The Hall–Kier alpha value is -2.26. The average Bonchev–Trinajstić information content (AvgIpc) is 2.98. The lowest BCUT2D eigenvalue weighted by molar-refractivity contribution is 0.651. The Morgan fingerprint density at radius 1 is 0.750 bits per heavy atom. The average molecular weight is 392 g/mol. The highest BCUT2D eigenvalue weighted by molar-refractivity contribution is 6.30. The van der Waals surface area contributed by atoms with Gasteiger partial charge in [-0.15, -0.1) is 0 Å². The molecule has 1 aliphatic carbocycles. The number of rotatable bonds is 2. The maximum absolute atomic E-state index is 6.06. The van der Waals surface area contributed by atoms with Gasteiger partial charge in [0.05, 0.1) is 11.2 Å². The van der Waals surface area contributed by atoms with E-state index >= 15 is 0 Å². The molecule has 3 aromatic rings. The second-order valence-electron chi connectivity index (χ2n) is 7.91. The van der Waals surface area contributed by atoms with E-state index in [2.05, 4.69) is 46.2 Å². The van der Waals surface area contributed by atoms with Crippen LogP contribution in [-0.4, -0.2) is 31.2 Å². The minimum Gasteiger partial charge on any atom is -0.368 e. The number of aryl methyl sites for hydroxylation is 1. The number of aromatic nitrogens is 1. The molecule has 28 heavy (non-hydrogen) atoms. The van der Waals surface area contributed by atoms with E-state index in [0.29, 0.717) is 0 Å².